The standard InChI is InChI=1S/C11H13NO2/c1-4-11(14)10-6-7(2)5-9(12-10)8(3)13/h5-6H,4H2,1-3H3. The van der Waals surface area contributed by atoms with E-state index in [1.54, 1.807) is 19.1 Å². The quantitative estimate of drug-likeness (QED) is 0.688. The molecule has 0 fully saturated rings. The number of hydrogen-bond donors (Lipinski definition) is 0. The predicted octanol–water partition coefficient (Wildman–Crippen LogP) is 2.19. The lowest BCUT2D eigenvalue weighted by molar-refractivity contribution is 0.0982. The van der Waals surface area contributed by atoms with Crippen LogP contribution in [0.3, 0.4) is 0 Å². The molecule has 1 heterocycles. The fourth-order valence-corrected chi connectivity index (χ4v) is 1.17. The minimum atomic E-state index is -0.112. The zero-order valence-corrected chi connectivity index (χ0v) is 8.63. The Labute approximate surface area is 83.2 Å². The van der Waals surface area contributed by atoms with E-state index in [0.717, 1.165) is 5.56 Å². The van der Waals surface area contributed by atoms with Crippen LogP contribution in [0.2, 0.25) is 0 Å². The monoisotopic (exact) mass is 191 g/mol. The van der Waals surface area contributed by atoms with Gasteiger partial charge >= 0.3 is 0 Å². The van der Waals surface area contributed by atoms with Crippen LogP contribution in [0.4, 0.5) is 0 Å². The number of carbonyl (C=O) groups excluding carboxylic acids is 2. The van der Waals surface area contributed by atoms with E-state index in [1.165, 1.54) is 6.92 Å². The highest BCUT2D eigenvalue weighted by atomic mass is 16.1. The van der Waals surface area contributed by atoms with E-state index < -0.39 is 0 Å². The van der Waals surface area contributed by atoms with Gasteiger partial charge in [-0.3, -0.25) is 9.59 Å². The molecule has 0 saturated heterocycles. The summed E-state index contributed by atoms with van der Waals surface area (Å²) in [6.45, 7) is 5.07. The summed E-state index contributed by atoms with van der Waals surface area (Å²) in [5.74, 6) is -0.143. The molecule has 74 valence electrons. The van der Waals surface area contributed by atoms with E-state index in [9.17, 15) is 9.59 Å². The Bertz CT molecular complexity index is 383. The molecule has 0 saturated carbocycles. The van der Waals surface area contributed by atoms with Crippen molar-refractivity contribution in [1.82, 2.24) is 4.98 Å². The van der Waals surface area contributed by atoms with Gasteiger partial charge in [0.15, 0.2) is 11.6 Å². The summed E-state index contributed by atoms with van der Waals surface area (Å²) in [4.78, 5) is 26.5. The maximum absolute atomic E-state index is 11.4. The van der Waals surface area contributed by atoms with E-state index in [1.807, 2.05) is 6.92 Å². The van der Waals surface area contributed by atoms with Crippen molar-refractivity contribution < 1.29 is 9.59 Å². The van der Waals surface area contributed by atoms with Gasteiger partial charge in [0.25, 0.3) is 0 Å². The molecule has 0 aliphatic heterocycles. The average Bonchev–Trinajstić information content (AvgIpc) is 2.15. The molecule has 1 rings (SSSR count). The molecule has 14 heavy (non-hydrogen) atoms. The highest BCUT2D eigenvalue weighted by Gasteiger charge is 2.09. The van der Waals surface area contributed by atoms with E-state index in [0.29, 0.717) is 17.8 Å². The summed E-state index contributed by atoms with van der Waals surface area (Å²) in [5, 5.41) is 0. The van der Waals surface area contributed by atoms with Crippen molar-refractivity contribution in [2.75, 3.05) is 0 Å². The maximum Gasteiger partial charge on any atom is 0.180 e. The van der Waals surface area contributed by atoms with Gasteiger partial charge in [-0.15, -0.1) is 0 Å². The van der Waals surface area contributed by atoms with Crippen LogP contribution in [0, 0.1) is 6.92 Å². The molecule has 0 atom stereocenters. The van der Waals surface area contributed by atoms with Crippen LogP contribution in [0.1, 0.15) is 46.8 Å². The number of Topliss-reactive ketones (excluding diaryl/α,β-unsaturated/α-hetero) is 2. The highest BCUT2D eigenvalue weighted by Crippen LogP contribution is 2.07. The molecule has 0 aliphatic rings. The summed E-state index contributed by atoms with van der Waals surface area (Å²) in [7, 11) is 0. The largest absolute Gasteiger partial charge is 0.293 e. The number of pyridine rings is 1. The summed E-state index contributed by atoms with van der Waals surface area (Å²) >= 11 is 0. The molecule has 0 aromatic carbocycles. The maximum atomic E-state index is 11.4. The lowest BCUT2D eigenvalue weighted by Crippen LogP contribution is -2.06. The fraction of sp³-hybridized carbons (Fsp3) is 0.364. The van der Waals surface area contributed by atoms with Crippen LogP contribution in [0.15, 0.2) is 12.1 Å². The molecule has 0 N–H and O–H groups in total. The third-order valence-corrected chi connectivity index (χ3v) is 1.94. The first-order valence-electron chi connectivity index (χ1n) is 4.57. The van der Waals surface area contributed by atoms with Crippen LogP contribution in [0.5, 0.6) is 0 Å². The minimum absolute atomic E-state index is 0.0313. The van der Waals surface area contributed by atoms with Crippen LogP contribution in [-0.2, 0) is 0 Å². The van der Waals surface area contributed by atoms with E-state index in [4.69, 9.17) is 0 Å². The molecular weight excluding hydrogens is 178 g/mol. The predicted molar refractivity (Wildman–Crippen MR) is 53.6 cm³/mol. The Morgan fingerprint density at radius 3 is 2.36 bits per heavy atom. The first-order chi connectivity index (χ1) is 6.54. The van der Waals surface area contributed by atoms with Gasteiger partial charge in [0.2, 0.25) is 0 Å². The van der Waals surface area contributed by atoms with Gasteiger partial charge in [0.1, 0.15) is 11.4 Å². The Balaban J connectivity index is 3.20. The highest BCUT2D eigenvalue weighted by molar-refractivity contribution is 5.97. The number of aromatic nitrogens is 1. The van der Waals surface area contributed by atoms with Crippen LogP contribution in [0.25, 0.3) is 0 Å². The molecule has 0 spiro atoms. The van der Waals surface area contributed by atoms with Crippen molar-refractivity contribution in [2.45, 2.75) is 27.2 Å². The van der Waals surface area contributed by atoms with Crippen molar-refractivity contribution in [3.63, 3.8) is 0 Å². The lowest BCUT2D eigenvalue weighted by atomic mass is 10.1. The molecule has 0 bridgehead atoms. The zero-order chi connectivity index (χ0) is 10.7. The summed E-state index contributed by atoms with van der Waals surface area (Å²) in [6.07, 6.45) is 0.411. The first kappa shape index (κ1) is 10.6. The van der Waals surface area contributed by atoms with Gasteiger partial charge in [0, 0.05) is 13.3 Å². The molecule has 1 aromatic rings. The van der Waals surface area contributed by atoms with Gasteiger partial charge in [-0.1, -0.05) is 6.92 Å². The number of aryl methyl sites for hydroxylation is 1. The van der Waals surface area contributed by atoms with Crippen LogP contribution in [-0.4, -0.2) is 16.6 Å². The number of hydrogen-bond acceptors (Lipinski definition) is 3. The molecular formula is C11H13NO2. The Hall–Kier alpha value is -1.51. The molecule has 1 aromatic heterocycles. The van der Waals surface area contributed by atoms with Crippen LogP contribution >= 0.6 is 0 Å². The SMILES string of the molecule is CCC(=O)c1cc(C)cc(C(C)=O)n1. The third kappa shape index (κ3) is 2.25. The Morgan fingerprint density at radius 2 is 1.86 bits per heavy atom. The van der Waals surface area contributed by atoms with Crippen molar-refractivity contribution in [1.29, 1.82) is 0 Å². The van der Waals surface area contributed by atoms with Crippen molar-refractivity contribution in [3.05, 3.63) is 29.1 Å². The summed E-state index contributed by atoms with van der Waals surface area (Å²) in [5.41, 5.74) is 1.64. The molecule has 3 heteroatoms. The fourth-order valence-electron chi connectivity index (χ4n) is 1.17. The number of nitrogens with zero attached hydrogens (tertiary/aromatic N) is 1. The second kappa shape index (κ2) is 4.13. The van der Waals surface area contributed by atoms with Gasteiger partial charge in [-0.25, -0.2) is 4.98 Å². The normalized spacial score (nSPS) is 9.93. The van der Waals surface area contributed by atoms with Gasteiger partial charge in [0.05, 0.1) is 0 Å². The third-order valence-electron chi connectivity index (χ3n) is 1.94. The molecule has 3 nitrogen and oxygen atoms in total. The van der Waals surface area contributed by atoms with E-state index in [2.05, 4.69) is 4.98 Å². The van der Waals surface area contributed by atoms with E-state index >= 15 is 0 Å². The number of carbonyl (C=O) groups is 2. The minimum Gasteiger partial charge on any atom is -0.293 e. The molecule has 0 aliphatic carbocycles. The van der Waals surface area contributed by atoms with E-state index in [-0.39, 0.29) is 11.6 Å². The summed E-state index contributed by atoms with van der Waals surface area (Å²) in [6, 6.07) is 3.40. The van der Waals surface area contributed by atoms with Crippen molar-refractivity contribution in [2.24, 2.45) is 0 Å². The molecule has 0 amide bonds. The Kier molecular flexibility index (Phi) is 3.12. The number of ketones is 2. The summed E-state index contributed by atoms with van der Waals surface area (Å²) < 4.78 is 0. The molecule has 0 unspecified atom stereocenters. The Morgan fingerprint density at radius 1 is 1.29 bits per heavy atom. The zero-order valence-electron chi connectivity index (χ0n) is 8.63. The second-order valence-electron chi connectivity index (χ2n) is 3.25. The van der Waals surface area contributed by atoms with Gasteiger partial charge in [-0.05, 0) is 24.6 Å². The van der Waals surface area contributed by atoms with Gasteiger partial charge < -0.3 is 0 Å². The topological polar surface area (TPSA) is 47.0 Å². The smallest absolute Gasteiger partial charge is 0.180 e. The van der Waals surface area contributed by atoms with Gasteiger partial charge in [-0.2, -0.15) is 0 Å². The van der Waals surface area contributed by atoms with Crippen molar-refractivity contribution >= 4 is 11.6 Å². The second-order valence-corrected chi connectivity index (χ2v) is 3.25. The lowest BCUT2D eigenvalue weighted by Gasteiger charge is -2.02. The molecule has 0 radical (unpaired) electrons. The van der Waals surface area contributed by atoms with Crippen LogP contribution < -0.4 is 0 Å². The average molecular weight is 191 g/mol. The van der Waals surface area contributed by atoms with Crippen molar-refractivity contribution in [3.8, 4) is 0 Å². The number of rotatable bonds is 3. The first-order valence-corrected chi connectivity index (χ1v) is 4.57.